The van der Waals surface area contributed by atoms with Crippen molar-refractivity contribution in [2.45, 2.75) is 64.6 Å². The first-order valence-corrected chi connectivity index (χ1v) is 9.73. The minimum Gasteiger partial charge on any atom is -0.366 e. The van der Waals surface area contributed by atoms with Crippen molar-refractivity contribution in [3.05, 3.63) is 52.3 Å². The van der Waals surface area contributed by atoms with Gasteiger partial charge in [-0.25, -0.2) is 0 Å². The summed E-state index contributed by atoms with van der Waals surface area (Å²) >= 11 is 0. The smallest absolute Gasteiger partial charge is 0.366 e. The van der Waals surface area contributed by atoms with Crippen LogP contribution in [0.5, 0.6) is 0 Å². The van der Waals surface area contributed by atoms with Gasteiger partial charge in [0.05, 0.1) is 11.8 Å². The van der Waals surface area contributed by atoms with E-state index in [1.54, 1.807) is 0 Å². The van der Waals surface area contributed by atoms with Crippen LogP contribution >= 0.6 is 0 Å². The zero-order valence-electron chi connectivity index (χ0n) is 16.2. The van der Waals surface area contributed by atoms with Gasteiger partial charge in [0.15, 0.2) is 0 Å². The van der Waals surface area contributed by atoms with Gasteiger partial charge in [0, 0.05) is 17.8 Å². The van der Waals surface area contributed by atoms with Crippen LogP contribution in [0.15, 0.2) is 24.4 Å². The van der Waals surface area contributed by atoms with E-state index in [-0.39, 0.29) is 11.5 Å². The van der Waals surface area contributed by atoms with Gasteiger partial charge in [0.1, 0.15) is 0 Å². The van der Waals surface area contributed by atoms with Crippen molar-refractivity contribution in [2.24, 2.45) is 11.7 Å². The van der Waals surface area contributed by atoms with E-state index in [2.05, 4.69) is 23.6 Å². The van der Waals surface area contributed by atoms with E-state index in [1.807, 2.05) is 6.20 Å². The second kappa shape index (κ2) is 7.97. The van der Waals surface area contributed by atoms with Crippen molar-refractivity contribution in [3.63, 3.8) is 0 Å². The number of benzene rings is 1. The summed E-state index contributed by atoms with van der Waals surface area (Å²) in [5.74, 6) is -0.263. The van der Waals surface area contributed by atoms with Crippen molar-refractivity contribution >= 4 is 5.91 Å². The van der Waals surface area contributed by atoms with Gasteiger partial charge in [0.2, 0.25) is 5.91 Å². The van der Waals surface area contributed by atoms with Crippen molar-refractivity contribution < 1.29 is 18.0 Å². The molecule has 0 unspecified atom stereocenters. The molecule has 1 aromatic heterocycles. The Labute approximate surface area is 162 Å². The molecule has 28 heavy (non-hydrogen) atoms. The molecule has 152 valence electrons. The Kier molecular flexibility index (Phi) is 5.82. The minimum absolute atomic E-state index is 0.00533. The summed E-state index contributed by atoms with van der Waals surface area (Å²) < 4.78 is 41.0. The Hall–Kier alpha value is -2.31. The van der Waals surface area contributed by atoms with E-state index >= 15 is 0 Å². The summed E-state index contributed by atoms with van der Waals surface area (Å²) in [6, 6.07) is 3.37. The number of primary amides is 1. The third kappa shape index (κ3) is 4.23. The molecule has 1 aliphatic rings. The Bertz CT molecular complexity index is 849. The standard InChI is InChI=1S/C21H26F3N3O/c1-3-19-13(2)11-26-27(19)12-14-4-6-15(7-5-14)17-9-8-16(21(22,23)24)10-18(17)20(25)28/h8-11,14-15H,3-7,12H2,1-2H3,(H2,25,28). The lowest BCUT2D eigenvalue weighted by Crippen LogP contribution is -2.22. The van der Waals surface area contributed by atoms with E-state index in [0.717, 1.165) is 50.8 Å². The highest BCUT2D eigenvalue weighted by molar-refractivity contribution is 5.94. The molecule has 0 radical (unpaired) electrons. The van der Waals surface area contributed by atoms with Crippen LogP contribution < -0.4 is 5.73 Å². The number of alkyl halides is 3. The second-order valence-electron chi connectivity index (χ2n) is 7.69. The zero-order valence-corrected chi connectivity index (χ0v) is 16.2. The molecule has 1 fully saturated rings. The first-order valence-electron chi connectivity index (χ1n) is 9.73. The number of carbonyl (C=O) groups excluding carboxylic acids is 1. The van der Waals surface area contributed by atoms with E-state index in [9.17, 15) is 18.0 Å². The maximum Gasteiger partial charge on any atom is 0.416 e. The van der Waals surface area contributed by atoms with Gasteiger partial charge < -0.3 is 5.73 Å². The number of hydrogen-bond acceptors (Lipinski definition) is 2. The van der Waals surface area contributed by atoms with Crippen molar-refractivity contribution in [2.75, 3.05) is 0 Å². The lowest BCUT2D eigenvalue weighted by atomic mass is 9.77. The SMILES string of the molecule is CCc1c(C)cnn1CC1CCC(c2ccc(C(F)(F)F)cc2C(N)=O)CC1. The Morgan fingerprint density at radius 1 is 1.25 bits per heavy atom. The third-order valence-corrected chi connectivity index (χ3v) is 5.86. The maximum atomic E-state index is 13.0. The van der Waals surface area contributed by atoms with Gasteiger partial charge in [0.25, 0.3) is 0 Å². The molecule has 7 heteroatoms. The van der Waals surface area contributed by atoms with Gasteiger partial charge in [-0.2, -0.15) is 18.3 Å². The van der Waals surface area contributed by atoms with Crippen molar-refractivity contribution in [1.29, 1.82) is 0 Å². The molecule has 0 bridgehead atoms. The Balaban J connectivity index is 1.71. The Morgan fingerprint density at radius 2 is 1.93 bits per heavy atom. The molecule has 4 nitrogen and oxygen atoms in total. The minimum atomic E-state index is -4.49. The van der Waals surface area contributed by atoms with Crippen molar-refractivity contribution in [1.82, 2.24) is 9.78 Å². The number of nitrogens with zero attached hydrogens (tertiary/aromatic N) is 2. The van der Waals surface area contributed by atoms with E-state index in [0.29, 0.717) is 11.5 Å². The van der Waals surface area contributed by atoms with Gasteiger partial charge in [-0.15, -0.1) is 0 Å². The molecule has 1 aliphatic carbocycles. The van der Waals surface area contributed by atoms with Crippen LogP contribution in [0, 0.1) is 12.8 Å². The highest BCUT2D eigenvalue weighted by Gasteiger charge is 2.33. The summed E-state index contributed by atoms with van der Waals surface area (Å²) in [4.78, 5) is 11.8. The maximum absolute atomic E-state index is 13.0. The number of amides is 1. The lowest BCUT2D eigenvalue weighted by Gasteiger charge is -2.30. The molecule has 1 saturated carbocycles. The number of carbonyl (C=O) groups is 1. The van der Waals surface area contributed by atoms with Crippen LogP contribution in [0.4, 0.5) is 13.2 Å². The number of halogens is 3. The molecule has 1 heterocycles. The number of aromatic nitrogens is 2. The predicted octanol–water partition coefficient (Wildman–Crippen LogP) is 4.85. The van der Waals surface area contributed by atoms with Crippen LogP contribution in [0.1, 0.15) is 71.3 Å². The molecular weight excluding hydrogens is 367 g/mol. The van der Waals surface area contributed by atoms with Crippen LogP contribution in [-0.2, 0) is 19.1 Å². The topological polar surface area (TPSA) is 60.9 Å². The molecule has 2 N–H and O–H groups in total. The van der Waals surface area contributed by atoms with Crippen LogP contribution in [-0.4, -0.2) is 15.7 Å². The van der Waals surface area contributed by atoms with E-state index in [1.165, 1.54) is 17.3 Å². The average Bonchev–Trinajstić information content (AvgIpc) is 3.00. The summed E-state index contributed by atoms with van der Waals surface area (Å²) in [5.41, 5.74) is 7.63. The fourth-order valence-electron chi connectivity index (χ4n) is 4.33. The number of aryl methyl sites for hydroxylation is 1. The number of hydrogen-bond donors (Lipinski definition) is 1. The summed E-state index contributed by atoms with van der Waals surface area (Å²) in [6.45, 7) is 5.04. The van der Waals surface area contributed by atoms with Crippen LogP contribution in [0.2, 0.25) is 0 Å². The molecule has 1 aromatic carbocycles. The molecular formula is C21H26F3N3O. The number of rotatable bonds is 5. The second-order valence-corrected chi connectivity index (χ2v) is 7.69. The molecule has 0 spiro atoms. The summed E-state index contributed by atoms with van der Waals surface area (Å²) in [5, 5.41) is 4.48. The molecule has 0 aliphatic heterocycles. The molecule has 0 saturated heterocycles. The molecule has 1 amide bonds. The van der Waals surface area contributed by atoms with Gasteiger partial charge >= 0.3 is 6.18 Å². The highest BCUT2D eigenvalue weighted by atomic mass is 19.4. The zero-order chi connectivity index (χ0) is 20.5. The van der Waals surface area contributed by atoms with E-state index in [4.69, 9.17) is 5.73 Å². The first-order chi connectivity index (χ1) is 13.2. The van der Waals surface area contributed by atoms with Gasteiger partial charge in [-0.1, -0.05) is 13.0 Å². The third-order valence-electron chi connectivity index (χ3n) is 5.86. The van der Waals surface area contributed by atoms with Crippen LogP contribution in [0.25, 0.3) is 0 Å². The van der Waals surface area contributed by atoms with Crippen molar-refractivity contribution in [3.8, 4) is 0 Å². The molecule has 3 rings (SSSR count). The highest BCUT2D eigenvalue weighted by Crippen LogP contribution is 2.39. The predicted molar refractivity (Wildman–Crippen MR) is 101 cm³/mol. The van der Waals surface area contributed by atoms with Crippen LogP contribution in [0.3, 0.4) is 0 Å². The fraction of sp³-hybridized carbons (Fsp3) is 0.524. The van der Waals surface area contributed by atoms with Gasteiger partial charge in [-0.05, 0) is 74.1 Å². The monoisotopic (exact) mass is 393 g/mol. The molecule has 0 atom stereocenters. The number of nitrogens with two attached hydrogens (primary N) is 1. The summed E-state index contributed by atoms with van der Waals surface area (Å²) in [6.07, 6.45) is 1.91. The molecule has 2 aromatic rings. The largest absolute Gasteiger partial charge is 0.416 e. The quantitative estimate of drug-likeness (QED) is 0.790. The average molecular weight is 393 g/mol. The van der Waals surface area contributed by atoms with E-state index < -0.39 is 17.6 Å². The Morgan fingerprint density at radius 3 is 2.50 bits per heavy atom. The van der Waals surface area contributed by atoms with Gasteiger partial charge in [-0.3, -0.25) is 9.48 Å². The fourth-order valence-corrected chi connectivity index (χ4v) is 4.33. The lowest BCUT2D eigenvalue weighted by molar-refractivity contribution is -0.137. The normalized spacial score (nSPS) is 20.3. The summed E-state index contributed by atoms with van der Waals surface area (Å²) in [7, 11) is 0. The first kappa shape index (κ1) is 20.4.